The van der Waals surface area contributed by atoms with Crippen LogP contribution in [0.25, 0.3) is 0 Å². The lowest BCUT2D eigenvalue weighted by Gasteiger charge is -2.09. The summed E-state index contributed by atoms with van der Waals surface area (Å²) in [6.45, 7) is 4.47. The smallest absolute Gasteiger partial charge is 0.270 e. The standard InChI is InChI=1S/C16H19ClN4O/c1-11(2)20-15(22)14-7-9-19-16(21-14)18-8-6-12-4-3-5-13(17)10-12/h3-5,7,9-11H,6,8H2,1-2H3,(H,20,22)(H,18,19,21). The molecule has 0 unspecified atom stereocenters. The van der Waals surface area contributed by atoms with E-state index in [4.69, 9.17) is 11.6 Å². The Morgan fingerprint density at radius 2 is 2.14 bits per heavy atom. The van der Waals surface area contributed by atoms with Crippen molar-refractivity contribution in [3.8, 4) is 0 Å². The fraction of sp³-hybridized carbons (Fsp3) is 0.312. The van der Waals surface area contributed by atoms with E-state index in [2.05, 4.69) is 20.6 Å². The van der Waals surface area contributed by atoms with Crippen LogP contribution in [0.5, 0.6) is 0 Å². The Hall–Kier alpha value is -2.14. The lowest BCUT2D eigenvalue weighted by atomic mass is 10.1. The third kappa shape index (κ3) is 5.00. The maximum Gasteiger partial charge on any atom is 0.270 e. The number of hydrogen-bond donors (Lipinski definition) is 2. The lowest BCUT2D eigenvalue weighted by molar-refractivity contribution is 0.0938. The van der Waals surface area contributed by atoms with E-state index in [1.165, 1.54) is 0 Å². The van der Waals surface area contributed by atoms with Gasteiger partial charge in [-0.1, -0.05) is 23.7 Å². The number of aromatic nitrogens is 2. The molecule has 0 radical (unpaired) electrons. The molecule has 0 atom stereocenters. The van der Waals surface area contributed by atoms with Gasteiger partial charge >= 0.3 is 0 Å². The molecule has 0 fully saturated rings. The maximum atomic E-state index is 11.9. The number of halogens is 1. The second-order valence-electron chi connectivity index (χ2n) is 5.20. The van der Waals surface area contributed by atoms with Crippen LogP contribution < -0.4 is 10.6 Å². The molecule has 2 aromatic rings. The molecule has 2 N–H and O–H groups in total. The fourth-order valence-corrected chi connectivity index (χ4v) is 2.13. The first kappa shape index (κ1) is 16.2. The lowest BCUT2D eigenvalue weighted by Crippen LogP contribution is -2.31. The van der Waals surface area contributed by atoms with Crippen molar-refractivity contribution in [1.29, 1.82) is 0 Å². The number of carbonyl (C=O) groups is 1. The number of nitrogens with one attached hydrogen (secondary N) is 2. The highest BCUT2D eigenvalue weighted by Gasteiger charge is 2.09. The van der Waals surface area contributed by atoms with Crippen molar-refractivity contribution >= 4 is 23.5 Å². The van der Waals surface area contributed by atoms with Gasteiger partial charge in [-0.3, -0.25) is 4.79 Å². The normalized spacial score (nSPS) is 10.5. The molecule has 1 aromatic carbocycles. The number of hydrogen-bond acceptors (Lipinski definition) is 4. The minimum atomic E-state index is -0.199. The van der Waals surface area contributed by atoms with Crippen molar-refractivity contribution in [2.75, 3.05) is 11.9 Å². The van der Waals surface area contributed by atoms with Crippen molar-refractivity contribution in [1.82, 2.24) is 15.3 Å². The van der Waals surface area contributed by atoms with Gasteiger partial charge in [0.25, 0.3) is 5.91 Å². The summed E-state index contributed by atoms with van der Waals surface area (Å²) in [6.07, 6.45) is 2.37. The highest BCUT2D eigenvalue weighted by molar-refractivity contribution is 6.30. The summed E-state index contributed by atoms with van der Waals surface area (Å²) < 4.78 is 0. The molecule has 22 heavy (non-hydrogen) atoms. The molecule has 0 aliphatic carbocycles. The van der Waals surface area contributed by atoms with Crippen LogP contribution in [-0.4, -0.2) is 28.5 Å². The quantitative estimate of drug-likeness (QED) is 0.859. The summed E-state index contributed by atoms with van der Waals surface area (Å²) in [7, 11) is 0. The maximum absolute atomic E-state index is 11.9. The van der Waals surface area contributed by atoms with E-state index in [-0.39, 0.29) is 11.9 Å². The molecule has 1 aromatic heterocycles. The number of benzene rings is 1. The Morgan fingerprint density at radius 1 is 1.32 bits per heavy atom. The molecule has 0 bridgehead atoms. The van der Waals surface area contributed by atoms with Crippen LogP contribution in [0.1, 0.15) is 29.9 Å². The summed E-state index contributed by atoms with van der Waals surface area (Å²) >= 11 is 5.95. The van der Waals surface area contributed by atoms with Gasteiger partial charge in [-0.25, -0.2) is 9.97 Å². The van der Waals surface area contributed by atoms with Crippen LogP contribution in [-0.2, 0) is 6.42 Å². The SMILES string of the molecule is CC(C)NC(=O)c1ccnc(NCCc2cccc(Cl)c2)n1. The van der Waals surface area contributed by atoms with E-state index in [9.17, 15) is 4.79 Å². The van der Waals surface area contributed by atoms with E-state index in [1.54, 1.807) is 12.3 Å². The second-order valence-corrected chi connectivity index (χ2v) is 5.64. The van der Waals surface area contributed by atoms with Gasteiger partial charge in [0.05, 0.1) is 0 Å². The van der Waals surface area contributed by atoms with Gasteiger partial charge in [-0.2, -0.15) is 0 Å². The minimum absolute atomic E-state index is 0.0710. The molecule has 0 aliphatic rings. The van der Waals surface area contributed by atoms with Crippen LogP contribution in [0.2, 0.25) is 5.02 Å². The monoisotopic (exact) mass is 318 g/mol. The Morgan fingerprint density at radius 3 is 2.86 bits per heavy atom. The average Bonchev–Trinajstić information content (AvgIpc) is 2.47. The van der Waals surface area contributed by atoms with Crippen LogP contribution in [0.15, 0.2) is 36.5 Å². The summed E-state index contributed by atoms with van der Waals surface area (Å²) in [6, 6.07) is 9.38. The van der Waals surface area contributed by atoms with Crippen molar-refractivity contribution in [2.45, 2.75) is 26.3 Å². The Balaban J connectivity index is 1.92. The van der Waals surface area contributed by atoms with E-state index in [0.717, 1.165) is 17.0 Å². The van der Waals surface area contributed by atoms with Gasteiger partial charge in [0.2, 0.25) is 5.95 Å². The van der Waals surface area contributed by atoms with Gasteiger partial charge in [-0.05, 0) is 44.0 Å². The third-order valence-corrected chi connectivity index (χ3v) is 3.13. The van der Waals surface area contributed by atoms with Crippen molar-refractivity contribution < 1.29 is 4.79 Å². The molecule has 0 saturated carbocycles. The average molecular weight is 319 g/mol. The Labute approximate surface area is 135 Å². The van der Waals surface area contributed by atoms with Crippen molar-refractivity contribution in [3.63, 3.8) is 0 Å². The van der Waals surface area contributed by atoms with Gasteiger partial charge in [0, 0.05) is 23.8 Å². The number of anilines is 1. The zero-order chi connectivity index (χ0) is 15.9. The third-order valence-electron chi connectivity index (χ3n) is 2.89. The summed E-state index contributed by atoms with van der Waals surface area (Å²) in [5, 5.41) is 6.64. The highest BCUT2D eigenvalue weighted by atomic mass is 35.5. The zero-order valence-corrected chi connectivity index (χ0v) is 13.4. The Bertz CT molecular complexity index is 646. The van der Waals surface area contributed by atoms with E-state index >= 15 is 0 Å². The van der Waals surface area contributed by atoms with E-state index in [1.807, 2.05) is 38.1 Å². The van der Waals surface area contributed by atoms with Crippen LogP contribution in [0, 0.1) is 0 Å². The molecule has 0 saturated heterocycles. The molecule has 1 heterocycles. The molecule has 5 nitrogen and oxygen atoms in total. The fourth-order valence-electron chi connectivity index (χ4n) is 1.92. The number of nitrogens with zero attached hydrogens (tertiary/aromatic N) is 2. The molecule has 0 spiro atoms. The number of carbonyl (C=O) groups excluding carboxylic acids is 1. The van der Waals surface area contributed by atoms with Gasteiger partial charge in [-0.15, -0.1) is 0 Å². The predicted octanol–water partition coefficient (Wildman–Crippen LogP) is 2.92. The summed E-state index contributed by atoms with van der Waals surface area (Å²) in [4.78, 5) is 20.2. The second kappa shape index (κ2) is 7.75. The molecule has 116 valence electrons. The molecule has 1 amide bonds. The van der Waals surface area contributed by atoms with Gasteiger partial charge in [0.1, 0.15) is 5.69 Å². The number of amides is 1. The van der Waals surface area contributed by atoms with Crippen LogP contribution in [0.4, 0.5) is 5.95 Å². The molecule has 0 aliphatic heterocycles. The summed E-state index contributed by atoms with van der Waals surface area (Å²) in [5.74, 6) is 0.244. The largest absolute Gasteiger partial charge is 0.354 e. The molecule has 2 rings (SSSR count). The van der Waals surface area contributed by atoms with Crippen LogP contribution >= 0.6 is 11.6 Å². The minimum Gasteiger partial charge on any atom is -0.354 e. The molecular weight excluding hydrogens is 300 g/mol. The van der Waals surface area contributed by atoms with Crippen molar-refractivity contribution in [2.24, 2.45) is 0 Å². The molecule has 6 heteroatoms. The van der Waals surface area contributed by atoms with Crippen molar-refractivity contribution in [3.05, 3.63) is 52.8 Å². The first-order chi connectivity index (χ1) is 10.5. The van der Waals surface area contributed by atoms with Crippen LogP contribution in [0.3, 0.4) is 0 Å². The predicted molar refractivity (Wildman–Crippen MR) is 88.3 cm³/mol. The highest BCUT2D eigenvalue weighted by Crippen LogP contribution is 2.11. The molecular formula is C16H19ClN4O. The summed E-state index contributed by atoms with van der Waals surface area (Å²) in [5.41, 5.74) is 1.49. The Kier molecular flexibility index (Phi) is 5.72. The van der Waals surface area contributed by atoms with E-state index < -0.39 is 0 Å². The zero-order valence-electron chi connectivity index (χ0n) is 12.6. The number of rotatable bonds is 6. The van der Waals surface area contributed by atoms with E-state index in [0.29, 0.717) is 18.2 Å². The topological polar surface area (TPSA) is 66.9 Å². The van der Waals surface area contributed by atoms with Gasteiger partial charge in [0.15, 0.2) is 0 Å². The first-order valence-corrected chi connectivity index (χ1v) is 7.54. The first-order valence-electron chi connectivity index (χ1n) is 7.17. The van der Waals surface area contributed by atoms with Gasteiger partial charge < -0.3 is 10.6 Å².